The number of imidazole rings is 1. The number of thiazole rings is 1. The number of carbonyl (C=O) groups is 1. The number of anilines is 1. The number of amides is 1. The molecule has 1 fully saturated rings. The van der Waals surface area contributed by atoms with E-state index >= 15 is 0 Å². The van der Waals surface area contributed by atoms with Gasteiger partial charge in [0.2, 0.25) is 5.91 Å². The van der Waals surface area contributed by atoms with E-state index in [1.807, 2.05) is 41.7 Å². The fourth-order valence-corrected chi connectivity index (χ4v) is 6.37. The van der Waals surface area contributed by atoms with Crippen LogP contribution in [0.4, 0.5) is 5.13 Å². The number of hydrogen-bond acceptors (Lipinski definition) is 4. The summed E-state index contributed by atoms with van der Waals surface area (Å²) in [7, 11) is 0. The van der Waals surface area contributed by atoms with Crippen LogP contribution in [0, 0.1) is 13.8 Å². The summed E-state index contributed by atoms with van der Waals surface area (Å²) in [5.74, 6) is 0.160. The Morgan fingerprint density at radius 2 is 1.85 bits per heavy atom. The van der Waals surface area contributed by atoms with Gasteiger partial charge in [-0.25, -0.2) is 9.97 Å². The first-order valence-electron chi connectivity index (χ1n) is 11.9. The highest BCUT2D eigenvalue weighted by atomic mass is 35.5. The lowest BCUT2D eigenvalue weighted by molar-refractivity contribution is -0.124. The number of benzene rings is 2. The Morgan fingerprint density at radius 3 is 2.53 bits per heavy atom. The molecule has 1 amide bonds. The van der Waals surface area contributed by atoms with Gasteiger partial charge >= 0.3 is 0 Å². The minimum atomic E-state index is -0.526. The van der Waals surface area contributed by atoms with Crippen molar-refractivity contribution < 1.29 is 4.79 Å². The SMILES string of the molecule is Cc1ccc(C)c2sc(N(CCCn3ccnc3)C(=O)C3(c4ccc(Cl)cc4)CCCC3)nc12. The number of aryl methyl sites for hydroxylation is 3. The number of hydrogen-bond donors (Lipinski definition) is 0. The molecule has 1 aliphatic carbocycles. The zero-order valence-corrected chi connectivity index (χ0v) is 21.2. The molecule has 2 heterocycles. The molecule has 5 rings (SSSR count). The molecular formula is C27H29ClN4OS. The summed E-state index contributed by atoms with van der Waals surface area (Å²) >= 11 is 7.81. The van der Waals surface area contributed by atoms with Gasteiger partial charge < -0.3 is 4.57 Å². The molecule has 0 bridgehead atoms. The van der Waals surface area contributed by atoms with Crippen LogP contribution in [0.5, 0.6) is 0 Å². The molecule has 5 nitrogen and oxygen atoms in total. The van der Waals surface area contributed by atoms with Gasteiger partial charge in [-0.3, -0.25) is 9.69 Å². The maximum atomic E-state index is 14.4. The van der Waals surface area contributed by atoms with Gasteiger partial charge in [0.15, 0.2) is 5.13 Å². The Kier molecular flexibility index (Phi) is 6.45. The lowest BCUT2D eigenvalue weighted by Crippen LogP contribution is -2.46. The van der Waals surface area contributed by atoms with Gasteiger partial charge in [-0.05, 0) is 61.9 Å². The lowest BCUT2D eigenvalue weighted by Gasteiger charge is -2.34. The van der Waals surface area contributed by atoms with E-state index in [1.165, 1.54) is 5.56 Å². The third-order valence-corrected chi connectivity index (χ3v) is 8.49. The van der Waals surface area contributed by atoms with Crippen LogP contribution in [-0.4, -0.2) is 27.0 Å². The summed E-state index contributed by atoms with van der Waals surface area (Å²) in [6.45, 7) is 5.62. The smallest absolute Gasteiger partial charge is 0.239 e. The van der Waals surface area contributed by atoms with Crippen LogP contribution in [0.2, 0.25) is 5.02 Å². The van der Waals surface area contributed by atoms with Crippen LogP contribution in [0.25, 0.3) is 10.2 Å². The highest BCUT2D eigenvalue weighted by Gasteiger charge is 2.45. The summed E-state index contributed by atoms with van der Waals surface area (Å²) in [6, 6.07) is 12.1. The van der Waals surface area contributed by atoms with Crippen molar-refractivity contribution in [2.24, 2.45) is 0 Å². The second-order valence-corrected chi connectivity index (χ2v) is 10.7. The van der Waals surface area contributed by atoms with Crippen molar-refractivity contribution in [1.82, 2.24) is 14.5 Å². The summed E-state index contributed by atoms with van der Waals surface area (Å²) in [5.41, 5.74) is 3.87. The van der Waals surface area contributed by atoms with E-state index in [2.05, 4.69) is 35.5 Å². The molecule has 7 heteroatoms. The summed E-state index contributed by atoms with van der Waals surface area (Å²) in [5, 5.41) is 1.49. The van der Waals surface area contributed by atoms with E-state index in [4.69, 9.17) is 16.6 Å². The average molecular weight is 493 g/mol. The van der Waals surface area contributed by atoms with Crippen molar-refractivity contribution in [2.75, 3.05) is 11.4 Å². The van der Waals surface area contributed by atoms with Gasteiger partial charge in [0.1, 0.15) is 0 Å². The number of fused-ring (bicyclic) bond motifs is 1. The Hall–Kier alpha value is -2.70. The van der Waals surface area contributed by atoms with Gasteiger partial charge in [0.05, 0.1) is 22.0 Å². The number of halogens is 1. The quantitative estimate of drug-likeness (QED) is 0.288. The first kappa shape index (κ1) is 23.1. The van der Waals surface area contributed by atoms with Crippen molar-refractivity contribution >= 4 is 44.2 Å². The molecule has 2 aromatic heterocycles. The molecule has 4 aromatic rings. The number of aromatic nitrogens is 3. The molecule has 1 aliphatic rings. The van der Waals surface area contributed by atoms with Gasteiger partial charge in [-0.1, -0.05) is 60.0 Å². The molecule has 176 valence electrons. The van der Waals surface area contributed by atoms with E-state index in [0.29, 0.717) is 11.6 Å². The van der Waals surface area contributed by atoms with Crippen molar-refractivity contribution in [3.8, 4) is 0 Å². The molecule has 0 unspecified atom stereocenters. The second kappa shape index (κ2) is 9.51. The highest BCUT2D eigenvalue weighted by molar-refractivity contribution is 7.22. The van der Waals surface area contributed by atoms with Gasteiger partial charge in [-0.15, -0.1) is 0 Å². The Labute approximate surface area is 209 Å². The first-order valence-corrected chi connectivity index (χ1v) is 13.1. The molecule has 0 spiro atoms. The van der Waals surface area contributed by atoms with Crippen LogP contribution in [0.15, 0.2) is 55.1 Å². The lowest BCUT2D eigenvalue weighted by atomic mass is 9.77. The predicted molar refractivity (Wildman–Crippen MR) is 140 cm³/mol. The molecule has 0 atom stereocenters. The minimum absolute atomic E-state index is 0.160. The fourth-order valence-electron chi connectivity index (χ4n) is 5.11. The fraction of sp³-hybridized carbons (Fsp3) is 0.370. The third-order valence-electron chi connectivity index (χ3n) is 7.03. The monoisotopic (exact) mass is 492 g/mol. The molecule has 2 aromatic carbocycles. The normalized spacial score (nSPS) is 15.1. The van der Waals surface area contributed by atoms with Gasteiger partial charge in [0, 0.05) is 30.5 Å². The second-order valence-electron chi connectivity index (χ2n) is 9.28. The van der Waals surface area contributed by atoms with E-state index in [9.17, 15) is 4.79 Å². The highest BCUT2D eigenvalue weighted by Crippen LogP contribution is 2.44. The van der Waals surface area contributed by atoms with Crippen molar-refractivity contribution in [3.05, 3.63) is 76.8 Å². The predicted octanol–water partition coefficient (Wildman–Crippen LogP) is 6.70. The van der Waals surface area contributed by atoms with Crippen LogP contribution < -0.4 is 4.90 Å². The van der Waals surface area contributed by atoms with Crippen LogP contribution >= 0.6 is 22.9 Å². The largest absolute Gasteiger partial charge is 0.337 e. The Balaban J connectivity index is 1.54. The summed E-state index contributed by atoms with van der Waals surface area (Å²) in [4.78, 5) is 25.5. The first-order chi connectivity index (χ1) is 16.5. The van der Waals surface area contributed by atoms with Gasteiger partial charge in [-0.2, -0.15) is 0 Å². The Bertz CT molecular complexity index is 1250. The van der Waals surface area contributed by atoms with Crippen molar-refractivity contribution in [1.29, 1.82) is 0 Å². The third kappa shape index (κ3) is 4.25. The number of carbonyl (C=O) groups excluding carboxylic acids is 1. The molecule has 1 saturated carbocycles. The molecule has 34 heavy (non-hydrogen) atoms. The summed E-state index contributed by atoms with van der Waals surface area (Å²) < 4.78 is 3.22. The zero-order valence-electron chi connectivity index (χ0n) is 19.6. The van der Waals surface area contributed by atoms with E-state index in [-0.39, 0.29) is 5.91 Å². The molecule has 0 aliphatic heterocycles. The molecule has 0 saturated heterocycles. The van der Waals surface area contributed by atoms with Crippen LogP contribution in [0.1, 0.15) is 48.8 Å². The number of rotatable bonds is 7. The van der Waals surface area contributed by atoms with Crippen LogP contribution in [0.3, 0.4) is 0 Å². The maximum absolute atomic E-state index is 14.4. The molecular weight excluding hydrogens is 464 g/mol. The van der Waals surface area contributed by atoms with Gasteiger partial charge in [0.25, 0.3) is 0 Å². The van der Waals surface area contributed by atoms with Crippen molar-refractivity contribution in [3.63, 3.8) is 0 Å². The molecule has 0 N–H and O–H groups in total. The van der Waals surface area contributed by atoms with E-state index in [0.717, 1.165) is 65.1 Å². The van der Waals surface area contributed by atoms with Crippen molar-refractivity contribution in [2.45, 2.75) is 57.9 Å². The number of nitrogens with zero attached hydrogens (tertiary/aromatic N) is 4. The Morgan fingerprint density at radius 1 is 1.12 bits per heavy atom. The summed E-state index contributed by atoms with van der Waals surface area (Å²) in [6.07, 6.45) is 10.2. The zero-order chi connectivity index (χ0) is 23.7. The van der Waals surface area contributed by atoms with E-state index in [1.54, 1.807) is 17.5 Å². The topological polar surface area (TPSA) is 51.0 Å². The van der Waals surface area contributed by atoms with Crippen LogP contribution in [-0.2, 0) is 16.8 Å². The minimum Gasteiger partial charge on any atom is -0.337 e. The standard InChI is InChI=1S/C27H29ClN4OS/c1-19-6-7-20(2)24-23(19)30-26(34-24)32(16-5-15-31-17-14-29-18-31)25(33)27(12-3-4-13-27)21-8-10-22(28)11-9-21/h6-11,14,17-18H,3-5,12-13,15-16H2,1-2H3. The van der Waals surface area contributed by atoms with E-state index < -0.39 is 5.41 Å². The average Bonchev–Trinajstić information content (AvgIpc) is 3.60. The maximum Gasteiger partial charge on any atom is 0.239 e. The molecule has 0 radical (unpaired) electrons.